The predicted molar refractivity (Wildman–Crippen MR) is 122 cm³/mol. The minimum absolute atomic E-state index is 0. The lowest BCUT2D eigenvalue weighted by molar-refractivity contribution is -0.00000575. The van der Waals surface area contributed by atoms with Crippen LogP contribution in [0.25, 0.3) is 0 Å². The summed E-state index contributed by atoms with van der Waals surface area (Å²) >= 11 is 0. The fourth-order valence-electron chi connectivity index (χ4n) is 3.86. The lowest BCUT2D eigenvalue weighted by Crippen LogP contribution is -3.00. The topological polar surface area (TPSA) is 9.23 Å². The van der Waals surface area contributed by atoms with Gasteiger partial charge in [0.15, 0.2) is 5.75 Å². The van der Waals surface area contributed by atoms with Crippen molar-refractivity contribution in [2.45, 2.75) is 6.16 Å². The van der Waals surface area contributed by atoms with Crippen LogP contribution in [0.3, 0.4) is 0 Å². The smallest absolute Gasteiger partial charge is 0.161 e. The quantitative estimate of drug-likeness (QED) is 0.436. The third kappa shape index (κ3) is 4.22. The molecule has 0 unspecified atom stereocenters. The second-order valence-corrected chi connectivity index (χ2v) is 10.2. The number of hydrogen-bond acceptors (Lipinski definition) is 1. The number of methoxy groups -OCH3 is 1. The van der Waals surface area contributed by atoms with Crippen LogP contribution in [0, 0.1) is 0 Å². The summed E-state index contributed by atoms with van der Waals surface area (Å²) in [5.74, 6) is 0.958. The molecule has 4 rings (SSSR count). The molecule has 0 radical (unpaired) electrons. The summed E-state index contributed by atoms with van der Waals surface area (Å²) in [5, 5.41) is 4.03. The molecule has 0 aliphatic rings. The molecule has 0 saturated heterocycles. The van der Waals surface area contributed by atoms with Gasteiger partial charge in [-0.3, -0.25) is 0 Å². The Morgan fingerprint density at radius 1 is 0.586 bits per heavy atom. The summed E-state index contributed by atoms with van der Waals surface area (Å²) in [6.45, 7) is 0. The maximum absolute atomic E-state index is 5.86. The lowest BCUT2D eigenvalue weighted by atomic mass is 10.2. The van der Waals surface area contributed by atoms with Crippen molar-refractivity contribution in [2.24, 2.45) is 0 Å². The van der Waals surface area contributed by atoms with Crippen LogP contribution >= 0.6 is 7.26 Å². The van der Waals surface area contributed by atoms with Crippen LogP contribution in [0.1, 0.15) is 5.56 Å². The summed E-state index contributed by atoms with van der Waals surface area (Å²) in [4.78, 5) is 0. The summed E-state index contributed by atoms with van der Waals surface area (Å²) in [5.41, 5.74) is 1.34. The SMILES string of the molecule is COc1ccccc1[P+](Cc1ccccc1)(c1ccccc1)c1ccccc1.[Cl-]. The van der Waals surface area contributed by atoms with E-state index in [2.05, 4.69) is 115 Å². The van der Waals surface area contributed by atoms with E-state index in [0.29, 0.717) is 0 Å². The van der Waals surface area contributed by atoms with Crippen LogP contribution in [0.15, 0.2) is 115 Å². The van der Waals surface area contributed by atoms with Gasteiger partial charge in [0.05, 0.1) is 13.3 Å². The van der Waals surface area contributed by atoms with Gasteiger partial charge in [-0.15, -0.1) is 0 Å². The Bertz CT molecular complexity index is 981. The van der Waals surface area contributed by atoms with Crippen molar-refractivity contribution in [2.75, 3.05) is 7.11 Å². The Labute approximate surface area is 180 Å². The fourth-order valence-corrected chi connectivity index (χ4v) is 8.26. The number of ether oxygens (including phenoxy) is 1. The highest BCUT2D eigenvalue weighted by Crippen LogP contribution is 2.59. The molecule has 4 aromatic rings. The van der Waals surface area contributed by atoms with Gasteiger partial charge < -0.3 is 17.1 Å². The van der Waals surface area contributed by atoms with Gasteiger partial charge in [-0.25, -0.2) is 0 Å². The number of para-hydroxylation sites is 1. The monoisotopic (exact) mass is 418 g/mol. The third-order valence-electron chi connectivity index (χ3n) is 5.15. The molecule has 0 saturated carbocycles. The maximum Gasteiger partial charge on any atom is 0.161 e. The molecule has 0 amide bonds. The summed E-state index contributed by atoms with van der Waals surface area (Å²) < 4.78 is 5.86. The van der Waals surface area contributed by atoms with Gasteiger partial charge in [-0.05, 0) is 42.0 Å². The molecule has 0 aromatic heterocycles. The molecule has 0 heterocycles. The molecule has 0 spiro atoms. The van der Waals surface area contributed by atoms with E-state index in [1.54, 1.807) is 7.11 Å². The van der Waals surface area contributed by atoms with E-state index in [4.69, 9.17) is 4.74 Å². The number of rotatable bonds is 6. The first-order chi connectivity index (χ1) is 13.8. The second-order valence-electron chi connectivity index (χ2n) is 6.80. The summed E-state index contributed by atoms with van der Waals surface area (Å²) in [6, 6.07) is 41.2. The molecule has 3 heteroatoms. The summed E-state index contributed by atoms with van der Waals surface area (Å²) in [7, 11) is -0.184. The van der Waals surface area contributed by atoms with Gasteiger partial charge in [0.2, 0.25) is 0 Å². The van der Waals surface area contributed by atoms with Crippen LogP contribution in [0.2, 0.25) is 0 Å². The zero-order valence-electron chi connectivity index (χ0n) is 16.4. The molecule has 0 fully saturated rings. The number of benzene rings is 4. The minimum Gasteiger partial charge on any atom is -1.00 e. The molecule has 0 aliphatic carbocycles. The van der Waals surface area contributed by atoms with Crippen LogP contribution in [-0.2, 0) is 6.16 Å². The van der Waals surface area contributed by atoms with E-state index >= 15 is 0 Å². The lowest BCUT2D eigenvalue weighted by Gasteiger charge is -2.29. The molecular formula is C26H24ClOP. The van der Waals surface area contributed by atoms with Crippen molar-refractivity contribution in [1.29, 1.82) is 0 Å². The zero-order chi connectivity index (χ0) is 19.2. The molecule has 0 aliphatic heterocycles. The van der Waals surface area contributed by atoms with E-state index in [0.717, 1.165) is 11.9 Å². The number of hydrogen-bond donors (Lipinski definition) is 0. The third-order valence-corrected chi connectivity index (χ3v) is 9.54. The molecule has 0 bridgehead atoms. The number of halogens is 1. The molecule has 1 nitrogen and oxygen atoms in total. The van der Waals surface area contributed by atoms with Crippen LogP contribution in [0.5, 0.6) is 5.75 Å². The first-order valence-electron chi connectivity index (χ1n) is 9.51. The van der Waals surface area contributed by atoms with E-state index < -0.39 is 7.26 Å². The highest BCUT2D eigenvalue weighted by atomic mass is 35.5. The standard InChI is InChI=1S/C26H24OP.ClH/c1-27-25-19-11-12-20-26(25)28(23-15-7-3-8-16-23,24-17-9-4-10-18-24)21-22-13-5-2-6-14-22;/h2-20H,21H2,1H3;1H/q+1;/p-1. The predicted octanol–water partition coefficient (Wildman–Crippen LogP) is 2.19. The molecule has 0 atom stereocenters. The van der Waals surface area contributed by atoms with Crippen molar-refractivity contribution in [3.05, 3.63) is 121 Å². The Kier molecular flexibility index (Phi) is 7.09. The van der Waals surface area contributed by atoms with Gasteiger partial charge in [-0.1, -0.05) is 78.9 Å². The van der Waals surface area contributed by atoms with Gasteiger partial charge >= 0.3 is 0 Å². The second kappa shape index (κ2) is 9.74. The van der Waals surface area contributed by atoms with Crippen LogP contribution in [-0.4, -0.2) is 7.11 Å². The van der Waals surface area contributed by atoms with Crippen molar-refractivity contribution in [3.63, 3.8) is 0 Å². The van der Waals surface area contributed by atoms with E-state index in [1.807, 2.05) is 0 Å². The fraction of sp³-hybridized carbons (Fsp3) is 0.0769. The van der Waals surface area contributed by atoms with Crippen LogP contribution < -0.4 is 33.1 Å². The minimum atomic E-state index is -1.95. The normalized spacial score (nSPS) is 10.8. The Morgan fingerprint density at radius 2 is 1.03 bits per heavy atom. The average molecular weight is 419 g/mol. The van der Waals surface area contributed by atoms with Gasteiger partial charge in [0.1, 0.15) is 23.2 Å². The molecule has 146 valence electrons. The molecule has 4 aromatic carbocycles. The zero-order valence-corrected chi connectivity index (χ0v) is 18.1. The van der Waals surface area contributed by atoms with Crippen molar-refractivity contribution < 1.29 is 17.1 Å². The highest BCUT2D eigenvalue weighted by molar-refractivity contribution is 7.95. The Hall–Kier alpha value is -2.60. The molecule has 29 heavy (non-hydrogen) atoms. The van der Waals surface area contributed by atoms with Crippen molar-refractivity contribution in [1.82, 2.24) is 0 Å². The first kappa shape index (κ1) is 21.1. The molecular weight excluding hydrogens is 395 g/mol. The Morgan fingerprint density at radius 3 is 1.55 bits per heavy atom. The van der Waals surface area contributed by atoms with E-state index in [1.165, 1.54) is 21.5 Å². The maximum atomic E-state index is 5.86. The molecule has 0 N–H and O–H groups in total. The largest absolute Gasteiger partial charge is 1.00 e. The van der Waals surface area contributed by atoms with Crippen molar-refractivity contribution >= 4 is 23.2 Å². The van der Waals surface area contributed by atoms with Gasteiger partial charge in [-0.2, -0.15) is 0 Å². The van der Waals surface area contributed by atoms with Gasteiger partial charge in [0.25, 0.3) is 0 Å². The Balaban J connectivity index is 0.00000240. The summed E-state index contributed by atoms with van der Waals surface area (Å²) in [6.07, 6.45) is 0.961. The van der Waals surface area contributed by atoms with E-state index in [-0.39, 0.29) is 12.4 Å². The van der Waals surface area contributed by atoms with Gasteiger partial charge in [0, 0.05) is 0 Å². The van der Waals surface area contributed by atoms with E-state index in [9.17, 15) is 0 Å². The average Bonchev–Trinajstić information content (AvgIpc) is 2.79. The first-order valence-corrected chi connectivity index (χ1v) is 11.5. The van der Waals surface area contributed by atoms with Crippen LogP contribution in [0.4, 0.5) is 0 Å². The highest BCUT2D eigenvalue weighted by Gasteiger charge is 2.47. The van der Waals surface area contributed by atoms with Crippen molar-refractivity contribution in [3.8, 4) is 5.75 Å².